The SMILES string of the molecule is O=C(Cn1cnc2ccc([N+](=O)[O-])cc2c1=O)Nc1cccc2ccccc12. The molecule has 8 nitrogen and oxygen atoms in total. The normalized spacial score (nSPS) is 10.9. The Morgan fingerprint density at radius 3 is 2.68 bits per heavy atom. The first kappa shape index (κ1) is 17.3. The lowest BCUT2D eigenvalue weighted by atomic mass is 10.1. The smallest absolute Gasteiger partial charge is 0.270 e. The van der Waals surface area contributed by atoms with Crippen molar-refractivity contribution in [3.63, 3.8) is 0 Å². The molecule has 0 radical (unpaired) electrons. The first-order valence-corrected chi connectivity index (χ1v) is 8.44. The molecule has 1 amide bonds. The van der Waals surface area contributed by atoms with Crippen molar-refractivity contribution >= 4 is 39.0 Å². The van der Waals surface area contributed by atoms with Gasteiger partial charge in [-0.05, 0) is 17.5 Å². The molecule has 0 atom stereocenters. The Morgan fingerprint density at radius 2 is 1.86 bits per heavy atom. The van der Waals surface area contributed by atoms with Gasteiger partial charge < -0.3 is 5.32 Å². The van der Waals surface area contributed by atoms with Gasteiger partial charge in [-0.1, -0.05) is 36.4 Å². The summed E-state index contributed by atoms with van der Waals surface area (Å²) in [5, 5.41) is 15.7. The second kappa shape index (κ2) is 6.92. The van der Waals surface area contributed by atoms with Crippen molar-refractivity contribution in [3.05, 3.63) is 87.5 Å². The molecule has 0 spiro atoms. The molecule has 4 aromatic rings. The molecule has 1 N–H and O–H groups in total. The molecule has 0 aliphatic heterocycles. The second-order valence-electron chi connectivity index (χ2n) is 6.21. The molecular formula is C20H14N4O4. The van der Waals surface area contributed by atoms with Gasteiger partial charge in [0.05, 0.1) is 22.2 Å². The zero-order chi connectivity index (χ0) is 19.7. The largest absolute Gasteiger partial charge is 0.324 e. The maximum Gasteiger partial charge on any atom is 0.270 e. The highest BCUT2D eigenvalue weighted by Crippen LogP contribution is 2.23. The molecule has 0 unspecified atom stereocenters. The van der Waals surface area contributed by atoms with Crippen LogP contribution in [0.3, 0.4) is 0 Å². The summed E-state index contributed by atoms with van der Waals surface area (Å²) in [4.78, 5) is 39.6. The Bertz CT molecular complexity index is 1290. The van der Waals surface area contributed by atoms with Crippen LogP contribution in [0.4, 0.5) is 11.4 Å². The summed E-state index contributed by atoms with van der Waals surface area (Å²) < 4.78 is 1.13. The number of aromatic nitrogens is 2. The van der Waals surface area contributed by atoms with Gasteiger partial charge >= 0.3 is 0 Å². The number of benzene rings is 3. The van der Waals surface area contributed by atoms with Crippen molar-refractivity contribution in [2.24, 2.45) is 0 Å². The average Bonchev–Trinajstić information content (AvgIpc) is 2.70. The van der Waals surface area contributed by atoms with Gasteiger partial charge in [0, 0.05) is 23.2 Å². The van der Waals surface area contributed by atoms with E-state index in [1.165, 1.54) is 24.5 Å². The Kier molecular flexibility index (Phi) is 4.29. The van der Waals surface area contributed by atoms with Crippen LogP contribution in [0, 0.1) is 10.1 Å². The molecule has 4 rings (SSSR count). The highest BCUT2D eigenvalue weighted by molar-refractivity contribution is 6.02. The van der Waals surface area contributed by atoms with Gasteiger partial charge in [0.1, 0.15) is 6.54 Å². The fourth-order valence-corrected chi connectivity index (χ4v) is 3.05. The molecule has 0 bridgehead atoms. The first-order valence-electron chi connectivity index (χ1n) is 8.44. The molecule has 1 heterocycles. The van der Waals surface area contributed by atoms with Crippen molar-refractivity contribution in [2.45, 2.75) is 6.54 Å². The molecular weight excluding hydrogens is 360 g/mol. The van der Waals surface area contributed by atoms with Gasteiger partial charge in [-0.2, -0.15) is 0 Å². The summed E-state index contributed by atoms with van der Waals surface area (Å²) in [6.07, 6.45) is 1.26. The Balaban J connectivity index is 1.64. The third kappa shape index (κ3) is 3.18. The molecule has 0 aliphatic rings. The molecule has 3 aromatic carbocycles. The van der Waals surface area contributed by atoms with Crippen LogP contribution in [0.1, 0.15) is 0 Å². The van der Waals surface area contributed by atoms with Crippen molar-refractivity contribution in [1.82, 2.24) is 9.55 Å². The Labute approximate surface area is 158 Å². The number of nitrogens with one attached hydrogen (secondary N) is 1. The molecule has 0 fully saturated rings. The van der Waals surface area contributed by atoms with Crippen LogP contribution in [0.15, 0.2) is 71.8 Å². The number of carbonyl (C=O) groups is 1. The van der Waals surface area contributed by atoms with Crippen molar-refractivity contribution in [2.75, 3.05) is 5.32 Å². The molecule has 0 aliphatic carbocycles. The van der Waals surface area contributed by atoms with Gasteiger partial charge in [-0.15, -0.1) is 0 Å². The zero-order valence-corrected chi connectivity index (χ0v) is 14.5. The third-order valence-corrected chi connectivity index (χ3v) is 4.40. The predicted molar refractivity (Wildman–Crippen MR) is 105 cm³/mol. The standard InChI is InChI=1S/C20H14N4O4/c25-19(22-18-7-3-5-13-4-1-2-6-15(13)18)11-23-12-21-17-9-8-14(24(27)28)10-16(17)20(23)26/h1-10,12H,11H2,(H,22,25). The lowest BCUT2D eigenvalue weighted by molar-refractivity contribution is -0.384. The van der Waals surface area contributed by atoms with Gasteiger partial charge in [0.15, 0.2) is 0 Å². The van der Waals surface area contributed by atoms with Crippen LogP contribution >= 0.6 is 0 Å². The van der Waals surface area contributed by atoms with E-state index in [2.05, 4.69) is 10.3 Å². The lowest BCUT2D eigenvalue weighted by Crippen LogP contribution is -2.28. The second-order valence-corrected chi connectivity index (χ2v) is 6.21. The van der Waals surface area contributed by atoms with E-state index >= 15 is 0 Å². The highest BCUT2D eigenvalue weighted by Gasteiger charge is 2.13. The maximum atomic E-state index is 12.6. The fourth-order valence-electron chi connectivity index (χ4n) is 3.05. The monoisotopic (exact) mass is 374 g/mol. The van der Waals surface area contributed by atoms with Crippen LogP contribution < -0.4 is 10.9 Å². The number of fused-ring (bicyclic) bond motifs is 2. The summed E-state index contributed by atoms with van der Waals surface area (Å²) in [5.41, 5.74) is 0.257. The molecule has 0 saturated carbocycles. The Hall–Kier alpha value is -4.07. The molecule has 8 heteroatoms. The summed E-state index contributed by atoms with van der Waals surface area (Å²) in [6, 6.07) is 17.0. The zero-order valence-electron chi connectivity index (χ0n) is 14.5. The summed E-state index contributed by atoms with van der Waals surface area (Å²) in [6.45, 7) is -0.256. The van der Waals surface area contributed by atoms with Crippen molar-refractivity contribution < 1.29 is 9.72 Å². The van der Waals surface area contributed by atoms with Crippen molar-refractivity contribution in [3.8, 4) is 0 Å². The lowest BCUT2D eigenvalue weighted by Gasteiger charge is -2.10. The summed E-state index contributed by atoms with van der Waals surface area (Å²) in [7, 11) is 0. The van der Waals surface area contributed by atoms with E-state index in [0.29, 0.717) is 11.2 Å². The predicted octanol–water partition coefficient (Wildman–Crippen LogP) is 3.10. The van der Waals surface area contributed by atoms with E-state index < -0.39 is 16.4 Å². The molecule has 1 aromatic heterocycles. The Morgan fingerprint density at radius 1 is 1.07 bits per heavy atom. The molecule has 138 valence electrons. The number of non-ortho nitro benzene ring substituents is 1. The number of nitrogens with zero attached hydrogens (tertiary/aromatic N) is 3. The molecule has 28 heavy (non-hydrogen) atoms. The fraction of sp³-hybridized carbons (Fsp3) is 0.0500. The van der Waals surface area contributed by atoms with Crippen molar-refractivity contribution in [1.29, 1.82) is 0 Å². The van der Waals surface area contributed by atoms with Crippen LogP contribution in [0.5, 0.6) is 0 Å². The van der Waals surface area contributed by atoms with Gasteiger partial charge in [-0.25, -0.2) is 4.98 Å². The van der Waals surface area contributed by atoms with Crippen LogP contribution in [-0.2, 0) is 11.3 Å². The van der Waals surface area contributed by atoms with Crippen LogP contribution in [-0.4, -0.2) is 20.4 Å². The minimum atomic E-state index is -0.580. The average molecular weight is 374 g/mol. The van der Waals surface area contributed by atoms with Gasteiger partial charge in [-0.3, -0.25) is 24.3 Å². The number of carbonyl (C=O) groups excluding carboxylic acids is 1. The number of hydrogen-bond donors (Lipinski definition) is 1. The van der Waals surface area contributed by atoms with E-state index in [1.807, 2.05) is 36.4 Å². The van der Waals surface area contributed by atoms with Crippen LogP contribution in [0.25, 0.3) is 21.7 Å². The van der Waals surface area contributed by atoms with E-state index in [-0.39, 0.29) is 17.6 Å². The highest BCUT2D eigenvalue weighted by atomic mass is 16.6. The topological polar surface area (TPSA) is 107 Å². The number of amides is 1. The minimum Gasteiger partial charge on any atom is -0.324 e. The maximum absolute atomic E-state index is 12.6. The van der Waals surface area contributed by atoms with Gasteiger partial charge in [0.2, 0.25) is 5.91 Å². The number of nitro groups is 1. The van der Waals surface area contributed by atoms with E-state index in [0.717, 1.165) is 15.3 Å². The first-order chi connectivity index (χ1) is 13.5. The van der Waals surface area contributed by atoms with Gasteiger partial charge in [0.25, 0.3) is 11.2 Å². The summed E-state index contributed by atoms with van der Waals surface area (Å²) >= 11 is 0. The van der Waals surface area contributed by atoms with E-state index in [9.17, 15) is 19.7 Å². The number of hydrogen-bond acceptors (Lipinski definition) is 5. The summed E-state index contributed by atoms with van der Waals surface area (Å²) in [5.74, 6) is -0.398. The quantitative estimate of drug-likeness (QED) is 0.436. The van der Waals surface area contributed by atoms with Crippen LogP contribution in [0.2, 0.25) is 0 Å². The molecule has 0 saturated heterocycles. The number of nitro benzene ring substituents is 1. The third-order valence-electron chi connectivity index (χ3n) is 4.40. The number of anilines is 1. The minimum absolute atomic E-state index is 0.0923. The number of rotatable bonds is 4. The van der Waals surface area contributed by atoms with E-state index in [1.54, 1.807) is 6.07 Å². The van der Waals surface area contributed by atoms with E-state index in [4.69, 9.17) is 0 Å².